The fourth-order valence-corrected chi connectivity index (χ4v) is 4.61. The minimum atomic E-state index is -0.272. The lowest BCUT2D eigenvalue weighted by molar-refractivity contribution is 0.111. The van der Waals surface area contributed by atoms with Crippen molar-refractivity contribution in [3.63, 3.8) is 0 Å². The molecule has 5 nitrogen and oxygen atoms in total. The van der Waals surface area contributed by atoms with Crippen LogP contribution in [0.15, 0.2) is 40.5 Å². The van der Waals surface area contributed by atoms with Gasteiger partial charge in [-0.1, -0.05) is 0 Å². The molecule has 148 valence electrons. The zero-order valence-electron chi connectivity index (χ0n) is 16.5. The summed E-state index contributed by atoms with van der Waals surface area (Å²) in [6.07, 6.45) is 6.07. The van der Waals surface area contributed by atoms with Crippen LogP contribution >= 0.6 is 11.8 Å². The van der Waals surface area contributed by atoms with Gasteiger partial charge in [0.05, 0.1) is 36.6 Å². The highest BCUT2D eigenvalue weighted by molar-refractivity contribution is 7.98. The standard InChI is InChI=1S/C22H26N2O3S/c1-4-27-20-10-15-16-9-14(25)6-7-18(16)24-22(17(15)11-19(20)26-2)13-5-8-21(28-3)23-12-13/h5,8,10-12,14,16,18,25H,4,6-7,9H2,1-3H3/t14-,16-,18-/m1/s1. The molecule has 1 saturated carbocycles. The summed E-state index contributed by atoms with van der Waals surface area (Å²) in [5, 5.41) is 11.3. The van der Waals surface area contributed by atoms with E-state index in [1.54, 1.807) is 18.9 Å². The predicted molar refractivity (Wildman–Crippen MR) is 112 cm³/mol. The van der Waals surface area contributed by atoms with Crippen molar-refractivity contribution < 1.29 is 14.6 Å². The molecular formula is C22H26N2O3S. The molecule has 0 amide bonds. The van der Waals surface area contributed by atoms with E-state index in [1.165, 1.54) is 5.56 Å². The first-order chi connectivity index (χ1) is 13.6. The third kappa shape index (κ3) is 3.51. The number of aliphatic hydroxyl groups excluding tert-OH is 1. The fourth-order valence-electron chi connectivity index (χ4n) is 4.24. The van der Waals surface area contributed by atoms with Crippen LogP contribution in [-0.2, 0) is 0 Å². The molecule has 4 rings (SSSR count). The van der Waals surface area contributed by atoms with Gasteiger partial charge in [-0.25, -0.2) is 4.98 Å². The molecule has 28 heavy (non-hydrogen) atoms. The Balaban J connectivity index is 1.85. The fraction of sp³-hybridized carbons (Fsp3) is 0.455. The van der Waals surface area contributed by atoms with Gasteiger partial charge in [-0.3, -0.25) is 4.99 Å². The van der Waals surface area contributed by atoms with Gasteiger partial charge in [0.1, 0.15) is 0 Å². The smallest absolute Gasteiger partial charge is 0.161 e. The summed E-state index contributed by atoms with van der Waals surface area (Å²) in [6, 6.07) is 8.41. The molecule has 3 atom stereocenters. The number of hydrogen-bond acceptors (Lipinski definition) is 6. The van der Waals surface area contributed by atoms with Crippen molar-refractivity contribution in [2.45, 2.75) is 49.3 Å². The molecule has 2 aromatic rings. The van der Waals surface area contributed by atoms with E-state index in [9.17, 15) is 5.11 Å². The lowest BCUT2D eigenvalue weighted by Gasteiger charge is -2.37. The Hall–Kier alpha value is -2.05. The van der Waals surface area contributed by atoms with E-state index in [4.69, 9.17) is 14.5 Å². The number of rotatable bonds is 5. The highest BCUT2D eigenvalue weighted by atomic mass is 32.2. The maximum absolute atomic E-state index is 10.3. The second kappa shape index (κ2) is 8.13. The Morgan fingerprint density at radius 1 is 1.21 bits per heavy atom. The summed E-state index contributed by atoms with van der Waals surface area (Å²) in [5.41, 5.74) is 4.20. The minimum Gasteiger partial charge on any atom is -0.493 e. The number of pyridine rings is 1. The molecule has 1 fully saturated rings. The van der Waals surface area contributed by atoms with Crippen LogP contribution in [0.2, 0.25) is 0 Å². The van der Waals surface area contributed by atoms with E-state index in [0.29, 0.717) is 12.4 Å². The van der Waals surface area contributed by atoms with Gasteiger partial charge in [0.25, 0.3) is 0 Å². The van der Waals surface area contributed by atoms with Gasteiger partial charge in [-0.05, 0) is 62.3 Å². The first-order valence-electron chi connectivity index (χ1n) is 9.76. The van der Waals surface area contributed by atoms with E-state index >= 15 is 0 Å². The summed E-state index contributed by atoms with van der Waals surface area (Å²) < 4.78 is 11.4. The average molecular weight is 399 g/mol. The van der Waals surface area contributed by atoms with Gasteiger partial charge in [-0.2, -0.15) is 0 Å². The Labute approximate surface area is 170 Å². The first-order valence-corrected chi connectivity index (χ1v) is 11.0. The van der Waals surface area contributed by atoms with Crippen molar-refractivity contribution in [2.24, 2.45) is 4.99 Å². The number of thioether (sulfide) groups is 1. The summed E-state index contributed by atoms with van der Waals surface area (Å²) in [7, 11) is 1.66. The monoisotopic (exact) mass is 398 g/mol. The molecule has 1 aliphatic carbocycles. The Morgan fingerprint density at radius 3 is 2.75 bits per heavy atom. The van der Waals surface area contributed by atoms with Crippen molar-refractivity contribution in [3.05, 3.63) is 47.2 Å². The number of nitrogens with zero attached hydrogens (tertiary/aromatic N) is 2. The third-order valence-electron chi connectivity index (χ3n) is 5.59. The molecule has 0 saturated heterocycles. The lowest BCUT2D eigenvalue weighted by atomic mass is 9.74. The largest absolute Gasteiger partial charge is 0.493 e. The maximum Gasteiger partial charge on any atom is 0.161 e. The van der Waals surface area contributed by atoms with Crippen molar-refractivity contribution in [3.8, 4) is 11.5 Å². The highest BCUT2D eigenvalue weighted by Gasteiger charge is 2.37. The Kier molecular flexibility index (Phi) is 5.60. The molecule has 0 radical (unpaired) electrons. The highest BCUT2D eigenvalue weighted by Crippen LogP contribution is 2.44. The molecule has 0 bridgehead atoms. The number of aliphatic hydroxyl groups is 1. The molecule has 1 aromatic heterocycles. The molecule has 1 aromatic carbocycles. The van der Waals surface area contributed by atoms with E-state index < -0.39 is 0 Å². The Bertz CT molecular complexity index is 882. The van der Waals surface area contributed by atoms with Crippen molar-refractivity contribution in [2.75, 3.05) is 20.0 Å². The van der Waals surface area contributed by atoms with E-state index in [0.717, 1.165) is 46.9 Å². The SMILES string of the molecule is CCOc1cc2c(cc1OC)C(c1ccc(SC)nc1)=N[C@@H]1CC[C@@H](O)C[C@H]21. The molecule has 6 heteroatoms. The van der Waals surface area contributed by atoms with Crippen LogP contribution in [0.1, 0.15) is 48.8 Å². The number of aliphatic imine (C=N–C) groups is 1. The van der Waals surface area contributed by atoms with Crippen molar-refractivity contribution in [1.82, 2.24) is 4.98 Å². The molecule has 1 N–H and O–H groups in total. The number of fused-ring (bicyclic) bond motifs is 3. The molecular weight excluding hydrogens is 372 g/mol. The first kappa shape index (κ1) is 19.3. The van der Waals surface area contributed by atoms with Crippen molar-refractivity contribution >= 4 is 17.5 Å². The molecule has 1 aliphatic heterocycles. The number of methoxy groups -OCH3 is 1. The number of benzene rings is 1. The maximum atomic E-state index is 10.3. The predicted octanol–water partition coefficient (Wildman–Crippen LogP) is 4.06. The second-order valence-corrected chi connectivity index (χ2v) is 8.06. The Morgan fingerprint density at radius 2 is 2.07 bits per heavy atom. The topological polar surface area (TPSA) is 63.9 Å². The summed E-state index contributed by atoms with van der Waals surface area (Å²) in [6.45, 7) is 2.55. The molecule has 0 spiro atoms. The number of aromatic nitrogens is 1. The average Bonchev–Trinajstić information content (AvgIpc) is 2.73. The summed E-state index contributed by atoms with van der Waals surface area (Å²) in [5.74, 6) is 1.66. The van der Waals surface area contributed by atoms with Gasteiger partial charge in [0.2, 0.25) is 0 Å². The molecule has 0 unspecified atom stereocenters. The van der Waals surface area contributed by atoms with Crippen LogP contribution in [0, 0.1) is 0 Å². The number of ether oxygens (including phenoxy) is 2. The van der Waals surface area contributed by atoms with Crippen LogP contribution in [-0.4, -0.2) is 47.9 Å². The zero-order valence-corrected chi connectivity index (χ0v) is 17.3. The van der Waals surface area contributed by atoms with E-state index in [2.05, 4.69) is 17.1 Å². The summed E-state index contributed by atoms with van der Waals surface area (Å²) in [4.78, 5) is 9.66. The lowest BCUT2D eigenvalue weighted by Crippen LogP contribution is -2.34. The second-order valence-electron chi connectivity index (χ2n) is 7.23. The number of hydrogen-bond donors (Lipinski definition) is 1. The zero-order chi connectivity index (χ0) is 19.7. The van der Waals surface area contributed by atoms with Gasteiger partial charge >= 0.3 is 0 Å². The van der Waals surface area contributed by atoms with Crippen LogP contribution < -0.4 is 9.47 Å². The normalized spacial score (nSPS) is 23.4. The van der Waals surface area contributed by atoms with Gasteiger partial charge in [0, 0.05) is 23.2 Å². The quantitative estimate of drug-likeness (QED) is 0.770. The van der Waals surface area contributed by atoms with Crippen LogP contribution in [0.4, 0.5) is 0 Å². The van der Waals surface area contributed by atoms with Crippen LogP contribution in [0.3, 0.4) is 0 Å². The van der Waals surface area contributed by atoms with Crippen LogP contribution in [0.5, 0.6) is 11.5 Å². The van der Waals surface area contributed by atoms with Gasteiger partial charge in [0.15, 0.2) is 11.5 Å². The van der Waals surface area contributed by atoms with Crippen molar-refractivity contribution in [1.29, 1.82) is 0 Å². The summed E-state index contributed by atoms with van der Waals surface area (Å²) >= 11 is 1.63. The van der Waals surface area contributed by atoms with Crippen LogP contribution in [0.25, 0.3) is 0 Å². The third-order valence-corrected chi connectivity index (χ3v) is 6.25. The minimum absolute atomic E-state index is 0.175. The van der Waals surface area contributed by atoms with E-state index in [-0.39, 0.29) is 18.1 Å². The molecule has 2 heterocycles. The van der Waals surface area contributed by atoms with Gasteiger partial charge in [-0.15, -0.1) is 11.8 Å². The molecule has 2 aliphatic rings. The van der Waals surface area contributed by atoms with E-state index in [1.807, 2.05) is 31.5 Å². The van der Waals surface area contributed by atoms with Gasteiger partial charge < -0.3 is 14.6 Å².